The summed E-state index contributed by atoms with van der Waals surface area (Å²) in [6, 6.07) is 11.2. The molecule has 0 unspecified atom stereocenters. The average molecular weight is 463 g/mol. The molecule has 8 nitrogen and oxygen atoms in total. The Labute approximate surface area is 190 Å². The molecule has 2 amide bonds. The summed E-state index contributed by atoms with van der Waals surface area (Å²) in [6.45, 7) is 0.351. The number of nitrogens with one attached hydrogen (secondary N) is 2. The van der Waals surface area contributed by atoms with Gasteiger partial charge in [-0.3, -0.25) is 14.0 Å². The zero-order chi connectivity index (χ0) is 22.2. The number of pyridine rings is 1. The van der Waals surface area contributed by atoms with Crippen molar-refractivity contribution in [1.29, 1.82) is 0 Å². The Morgan fingerprint density at radius 2 is 2.06 bits per heavy atom. The molecule has 0 fully saturated rings. The smallest absolute Gasteiger partial charge is 0.268 e. The van der Waals surface area contributed by atoms with Gasteiger partial charge in [-0.1, -0.05) is 17.4 Å². The predicted molar refractivity (Wildman–Crippen MR) is 127 cm³/mol. The van der Waals surface area contributed by atoms with Gasteiger partial charge in [-0.2, -0.15) is 11.3 Å². The Balaban J connectivity index is 1.46. The highest BCUT2D eigenvalue weighted by Crippen LogP contribution is 2.28. The van der Waals surface area contributed by atoms with E-state index in [1.165, 1.54) is 11.3 Å². The Bertz CT molecular complexity index is 1470. The van der Waals surface area contributed by atoms with Gasteiger partial charge >= 0.3 is 0 Å². The second-order valence-corrected chi connectivity index (χ2v) is 8.87. The molecule has 5 aromatic rings. The van der Waals surface area contributed by atoms with Crippen LogP contribution in [0.1, 0.15) is 26.4 Å². The molecule has 0 saturated carbocycles. The number of rotatable bonds is 6. The van der Waals surface area contributed by atoms with E-state index in [1.54, 1.807) is 34.1 Å². The van der Waals surface area contributed by atoms with E-state index in [1.807, 2.05) is 42.1 Å². The van der Waals surface area contributed by atoms with Crippen LogP contribution in [0.3, 0.4) is 0 Å². The third-order valence-electron chi connectivity index (χ3n) is 5.04. The zero-order valence-corrected chi connectivity index (χ0v) is 18.6. The summed E-state index contributed by atoms with van der Waals surface area (Å²) in [6.07, 6.45) is 1.69. The summed E-state index contributed by atoms with van der Waals surface area (Å²) in [5, 5.41) is 10.6. The molecule has 0 saturated heterocycles. The second kappa shape index (κ2) is 8.06. The molecular weight excluding hydrogens is 444 g/mol. The van der Waals surface area contributed by atoms with Gasteiger partial charge in [0.1, 0.15) is 11.4 Å². The molecule has 4 N–H and O–H groups in total. The number of hydrogen-bond acceptors (Lipinski definition) is 7. The summed E-state index contributed by atoms with van der Waals surface area (Å²) in [5.41, 5.74) is 9.78. The molecule has 0 bridgehead atoms. The average Bonchev–Trinajstić information content (AvgIpc) is 3.53. The Kier molecular flexibility index (Phi) is 5.08. The SMILES string of the molecule is CNc1nc2ccc(CNC(=O)c3cccn4c(C(N)=O)c(-c5ccsc5)nc34)cc2s1. The fourth-order valence-electron chi connectivity index (χ4n) is 3.54. The van der Waals surface area contributed by atoms with Gasteiger partial charge in [0.05, 0.1) is 15.8 Å². The fourth-order valence-corrected chi connectivity index (χ4v) is 5.07. The van der Waals surface area contributed by atoms with Gasteiger partial charge in [-0.25, -0.2) is 9.97 Å². The molecule has 4 aromatic heterocycles. The summed E-state index contributed by atoms with van der Waals surface area (Å²) in [4.78, 5) is 34.3. The van der Waals surface area contributed by atoms with Gasteiger partial charge in [0.2, 0.25) is 0 Å². The van der Waals surface area contributed by atoms with Gasteiger partial charge in [-0.15, -0.1) is 0 Å². The summed E-state index contributed by atoms with van der Waals surface area (Å²) >= 11 is 3.05. The van der Waals surface area contributed by atoms with Crippen LogP contribution in [0.15, 0.2) is 53.4 Å². The number of benzene rings is 1. The van der Waals surface area contributed by atoms with Crippen molar-refractivity contribution in [1.82, 2.24) is 19.7 Å². The lowest BCUT2D eigenvalue weighted by molar-refractivity contribution is 0.0949. The van der Waals surface area contributed by atoms with E-state index in [4.69, 9.17) is 5.73 Å². The molecule has 160 valence electrons. The first-order valence-corrected chi connectivity index (χ1v) is 11.5. The number of hydrogen-bond donors (Lipinski definition) is 3. The number of imidazole rings is 1. The first-order chi connectivity index (χ1) is 15.5. The standard InChI is InChI=1S/C22H18N6O2S2/c1-24-22-26-15-5-4-12(9-16(15)32-22)10-25-21(30)14-3-2-7-28-18(19(23)29)17(27-20(14)28)13-6-8-31-11-13/h2-9,11H,10H2,1H3,(H2,23,29)(H,24,26)(H,25,30). The molecule has 1 aromatic carbocycles. The topological polar surface area (TPSA) is 114 Å². The maximum Gasteiger partial charge on any atom is 0.268 e. The number of aromatic nitrogens is 3. The minimum atomic E-state index is -0.602. The minimum Gasteiger partial charge on any atom is -0.365 e. The number of thiophene rings is 1. The van der Waals surface area contributed by atoms with Crippen LogP contribution in [0, 0.1) is 0 Å². The number of nitrogens with two attached hydrogens (primary N) is 1. The Morgan fingerprint density at radius 1 is 1.19 bits per heavy atom. The number of primary amides is 1. The number of carbonyl (C=O) groups is 2. The van der Waals surface area contributed by atoms with Crippen molar-refractivity contribution in [2.75, 3.05) is 12.4 Å². The number of anilines is 1. The molecule has 0 radical (unpaired) electrons. The summed E-state index contributed by atoms with van der Waals surface area (Å²) in [5.74, 6) is -0.885. The lowest BCUT2D eigenvalue weighted by Crippen LogP contribution is -2.23. The van der Waals surface area contributed by atoms with Crippen LogP contribution in [-0.4, -0.2) is 33.2 Å². The van der Waals surface area contributed by atoms with Gasteiger partial charge < -0.3 is 16.4 Å². The predicted octanol–water partition coefficient (Wildman–Crippen LogP) is 3.74. The molecule has 4 heterocycles. The highest BCUT2D eigenvalue weighted by Gasteiger charge is 2.22. The number of carbonyl (C=O) groups excluding carboxylic acids is 2. The maximum atomic E-state index is 13.0. The van der Waals surface area contributed by atoms with Crippen LogP contribution < -0.4 is 16.4 Å². The first kappa shape index (κ1) is 20.2. The Hall–Kier alpha value is -3.76. The molecule has 0 atom stereocenters. The lowest BCUT2D eigenvalue weighted by atomic mass is 10.2. The minimum absolute atomic E-state index is 0.254. The first-order valence-electron chi connectivity index (χ1n) is 9.74. The molecular formula is C22H18N6O2S2. The maximum absolute atomic E-state index is 13.0. The van der Waals surface area contributed by atoms with E-state index in [0.717, 1.165) is 26.5 Å². The molecule has 5 rings (SSSR count). The van der Waals surface area contributed by atoms with Crippen LogP contribution in [0.5, 0.6) is 0 Å². The van der Waals surface area contributed by atoms with Crippen molar-refractivity contribution < 1.29 is 9.59 Å². The largest absolute Gasteiger partial charge is 0.365 e. The fraction of sp³-hybridized carbons (Fsp3) is 0.0909. The monoisotopic (exact) mass is 462 g/mol. The highest BCUT2D eigenvalue weighted by atomic mass is 32.1. The third kappa shape index (κ3) is 3.49. The molecule has 32 heavy (non-hydrogen) atoms. The number of amides is 2. The third-order valence-corrected chi connectivity index (χ3v) is 6.76. The Morgan fingerprint density at radius 3 is 2.81 bits per heavy atom. The van der Waals surface area contributed by atoms with E-state index in [2.05, 4.69) is 20.6 Å². The van der Waals surface area contributed by atoms with Crippen molar-refractivity contribution in [3.63, 3.8) is 0 Å². The zero-order valence-electron chi connectivity index (χ0n) is 17.0. The summed E-state index contributed by atoms with van der Waals surface area (Å²) < 4.78 is 2.62. The highest BCUT2D eigenvalue weighted by molar-refractivity contribution is 7.22. The van der Waals surface area contributed by atoms with Crippen molar-refractivity contribution in [2.45, 2.75) is 6.54 Å². The van der Waals surface area contributed by atoms with Crippen molar-refractivity contribution in [3.8, 4) is 11.3 Å². The van der Waals surface area contributed by atoms with Crippen LogP contribution in [-0.2, 0) is 6.54 Å². The number of fused-ring (bicyclic) bond motifs is 2. The van der Waals surface area contributed by atoms with Crippen LogP contribution in [0.4, 0.5) is 5.13 Å². The quantitative estimate of drug-likeness (QED) is 0.356. The van der Waals surface area contributed by atoms with E-state index in [-0.39, 0.29) is 11.6 Å². The van der Waals surface area contributed by atoms with Gasteiger partial charge in [-0.05, 0) is 41.3 Å². The molecule has 0 aliphatic heterocycles. The number of nitrogens with zero attached hydrogens (tertiary/aromatic N) is 3. The summed E-state index contributed by atoms with van der Waals surface area (Å²) in [7, 11) is 1.84. The van der Waals surface area contributed by atoms with Crippen LogP contribution in [0.25, 0.3) is 27.1 Å². The molecule has 0 spiro atoms. The van der Waals surface area contributed by atoms with E-state index in [9.17, 15) is 9.59 Å². The molecule has 10 heteroatoms. The normalized spacial score (nSPS) is 11.2. The van der Waals surface area contributed by atoms with E-state index in [0.29, 0.717) is 23.4 Å². The van der Waals surface area contributed by atoms with Gasteiger partial charge in [0, 0.05) is 30.7 Å². The molecule has 0 aliphatic rings. The second-order valence-electron chi connectivity index (χ2n) is 7.05. The van der Waals surface area contributed by atoms with Crippen LogP contribution >= 0.6 is 22.7 Å². The van der Waals surface area contributed by atoms with Crippen LogP contribution in [0.2, 0.25) is 0 Å². The van der Waals surface area contributed by atoms with E-state index < -0.39 is 5.91 Å². The van der Waals surface area contributed by atoms with Crippen molar-refractivity contribution >= 4 is 55.5 Å². The van der Waals surface area contributed by atoms with Crippen molar-refractivity contribution in [2.24, 2.45) is 5.73 Å². The van der Waals surface area contributed by atoms with Gasteiger partial charge in [0.25, 0.3) is 11.8 Å². The van der Waals surface area contributed by atoms with E-state index >= 15 is 0 Å². The van der Waals surface area contributed by atoms with Gasteiger partial charge in [0.15, 0.2) is 10.8 Å². The number of thiazole rings is 1. The molecule has 0 aliphatic carbocycles. The van der Waals surface area contributed by atoms with Crippen molar-refractivity contribution in [3.05, 3.63) is 70.2 Å². The lowest BCUT2D eigenvalue weighted by Gasteiger charge is -2.07.